The lowest BCUT2D eigenvalue weighted by molar-refractivity contribution is -0.139. The van der Waals surface area contributed by atoms with Gasteiger partial charge in [0, 0.05) is 18.9 Å². The number of benzene rings is 1. The number of aromatic nitrogens is 3. The molecule has 2 heterocycles. The van der Waals surface area contributed by atoms with Gasteiger partial charge in [0.2, 0.25) is 0 Å². The monoisotopic (exact) mass is 442 g/mol. The van der Waals surface area contributed by atoms with Gasteiger partial charge in [-0.15, -0.1) is 0 Å². The number of hydrogen-bond donors (Lipinski definition) is 1. The van der Waals surface area contributed by atoms with E-state index in [1.54, 1.807) is 0 Å². The van der Waals surface area contributed by atoms with Gasteiger partial charge < -0.3 is 9.88 Å². The van der Waals surface area contributed by atoms with E-state index in [0.29, 0.717) is 5.56 Å². The summed E-state index contributed by atoms with van der Waals surface area (Å²) in [6.45, 7) is 1.58. The van der Waals surface area contributed by atoms with Crippen molar-refractivity contribution in [3.05, 3.63) is 77.0 Å². The molecular weight excluding hydrogens is 426 g/mol. The SMILES string of the molecule is CCc1ncc(C(=O)Nc2cn(Cc3cccc(C(F)(F)F)c3)cn2)cc1C(F)(F)F. The molecule has 0 fully saturated rings. The summed E-state index contributed by atoms with van der Waals surface area (Å²) in [7, 11) is 0. The highest BCUT2D eigenvalue weighted by molar-refractivity contribution is 6.03. The number of pyridine rings is 1. The summed E-state index contributed by atoms with van der Waals surface area (Å²) in [5.41, 5.74) is -1.88. The highest BCUT2D eigenvalue weighted by Crippen LogP contribution is 2.32. The van der Waals surface area contributed by atoms with E-state index in [4.69, 9.17) is 0 Å². The zero-order valence-corrected chi connectivity index (χ0v) is 16.1. The molecule has 0 aliphatic rings. The topological polar surface area (TPSA) is 59.8 Å². The van der Waals surface area contributed by atoms with E-state index in [0.717, 1.165) is 24.4 Å². The lowest BCUT2D eigenvalue weighted by Crippen LogP contribution is -2.17. The molecule has 11 heteroatoms. The van der Waals surface area contributed by atoms with Crippen molar-refractivity contribution in [2.24, 2.45) is 0 Å². The summed E-state index contributed by atoms with van der Waals surface area (Å²) < 4.78 is 79.4. The van der Waals surface area contributed by atoms with Crippen LogP contribution in [0.25, 0.3) is 0 Å². The molecule has 31 heavy (non-hydrogen) atoms. The second-order valence-electron chi connectivity index (χ2n) is 6.65. The Bertz CT molecular complexity index is 1090. The van der Waals surface area contributed by atoms with Gasteiger partial charge in [0.15, 0.2) is 5.82 Å². The van der Waals surface area contributed by atoms with Crippen LogP contribution >= 0.6 is 0 Å². The molecule has 0 bridgehead atoms. The Morgan fingerprint density at radius 3 is 2.45 bits per heavy atom. The van der Waals surface area contributed by atoms with Crippen LogP contribution in [0.1, 0.15) is 39.7 Å². The fourth-order valence-electron chi connectivity index (χ4n) is 2.90. The van der Waals surface area contributed by atoms with Crippen molar-refractivity contribution in [1.82, 2.24) is 14.5 Å². The maximum Gasteiger partial charge on any atom is 0.418 e. The number of alkyl halides is 6. The lowest BCUT2D eigenvalue weighted by atomic mass is 10.1. The average Bonchev–Trinajstić information content (AvgIpc) is 3.13. The van der Waals surface area contributed by atoms with Crippen LogP contribution in [0.4, 0.5) is 32.2 Å². The summed E-state index contributed by atoms with van der Waals surface area (Å²) in [6.07, 6.45) is -5.38. The third kappa shape index (κ3) is 5.41. The Kier molecular flexibility index (Phi) is 6.05. The van der Waals surface area contributed by atoms with Crippen LogP contribution in [0.2, 0.25) is 0 Å². The normalized spacial score (nSPS) is 12.1. The maximum atomic E-state index is 13.2. The molecule has 5 nitrogen and oxygen atoms in total. The number of nitrogens with one attached hydrogen (secondary N) is 1. The van der Waals surface area contributed by atoms with E-state index < -0.39 is 29.4 Å². The quantitative estimate of drug-likeness (QED) is 0.554. The molecule has 164 valence electrons. The van der Waals surface area contributed by atoms with Crippen LogP contribution in [-0.2, 0) is 25.3 Å². The standard InChI is InChI=1S/C20H16F6N4O/c1-2-16-15(20(24,25)26)7-13(8-27-16)18(31)29-17-10-30(11-28-17)9-12-4-3-5-14(6-12)19(21,22)23/h3-8,10-11H,2,9H2,1H3,(H,29,31). The van der Waals surface area contributed by atoms with Crippen molar-refractivity contribution in [2.75, 3.05) is 5.32 Å². The number of aryl methyl sites for hydroxylation is 1. The van der Waals surface area contributed by atoms with E-state index in [-0.39, 0.29) is 30.0 Å². The predicted molar refractivity (Wildman–Crippen MR) is 99.3 cm³/mol. The Morgan fingerprint density at radius 1 is 1.06 bits per heavy atom. The number of nitrogens with zero attached hydrogens (tertiary/aromatic N) is 3. The van der Waals surface area contributed by atoms with Crippen LogP contribution in [0.5, 0.6) is 0 Å². The third-order valence-electron chi connectivity index (χ3n) is 4.37. The summed E-state index contributed by atoms with van der Waals surface area (Å²) in [6, 6.07) is 5.46. The van der Waals surface area contributed by atoms with Gasteiger partial charge >= 0.3 is 12.4 Å². The summed E-state index contributed by atoms with van der Waals surface area (Å²) in [5.74, 6) is -0.810. The van der Waals surface area contributed by atoms with Crippen molar-refractivity contribution in [2.45, 2.75) is 32.2 Å². The molecule has 0 saturated carbocycles. The van der Waals surface area contributed by atoms with E-state index in [1.165, 1.54) is 36.1 Å². The van der Waals surface area contributed by atoms with Gasteiger partial charge in [-0.3, -0.25) is 9.78 Å². The van der Waals surface area contributed by atoms with Crippen molar-refractivity contribution in [1.29, 1.82) is 0 Å². The molecule has 1 N–H and O–H groups in total. The average molecular weight is 442 g/mol. The third-order valence-corrected chi connectivity index (χ3v) is 4.37. The largest absolute Gasteiger partial charge is 0.418 e. The molecule has 3 rings (SSSR count). The lowest BCUT2D eigenvalue weighted by Gasteiger charge is -2.12. The molecule has 1 aromatic carbocycles. The molecule has 0 atom stereocenters. The highest BCUT2D eigenvalue weighted by atomic mass is 19.4. The summed E-state index contributed by atoms with van der Waals surface area (Å²) >= 11 is 0. The first-order valence-corrected chi connectivity index (χ1v) is 9.02. The Balaban J connectivity index is 1.74. The molecule has 0 saturated heterocycles. The van der Waals surface area contributed by atoms with Gasteiger partial charge in [0.1, 0.15) is 0 Å². The fourth-order valence-corrected chi connectivity index (χ4v) is 2.90. The molecular formula is C20H16F6N4O. The van der Waals surface area contributed by atoms with Gasteiger partial charge in [-0.2, -0.15) is 26.3 Å². The fraction of sp³-hybridized carbons (Fsp3) is 0.250. The predicted octanol–water partition coefficient (Wildman–Crippen LogP) is 5.18. The van der Waals surface area contributed by atoms with Gasteiger partial charge in [0.05, 0.1) is 28.7 Å². The van der Waals surface area contributed by atoms with E-state index in [9.17, 15) is 31.1 Å². The maximum absolute atomic E-state index is 13.2. The Morgan fingerprint density at radius 2 is 1.81 bits per heavy atom. The van der Waals surface area contributed by atoms with Crippen LogP contribution in [-0.4, -0.2) is 20.4 Å². The molecule has 0 unspecified atom stereocenters. The van der Waals surface area contributed by atoms with Gasteiger partial charge in [-0.1, -0.05) is 19.1 Å². The van der Waals surface area contributed by atoms with Gasteiger partial charge in [0.25, 0.3) is 5.91 Å². The van der Waals surface area contributed by atoms with E-state index in [2.05, 4.69) is 15.3 Å². The summed E-state index contributed by atoms with van der Waals surface area (Å²) in [5, 5.41) is 2.36. The zero-order valence-electron chi connectivity index (χ0n) is 16.1. The number of hydrogen-bond acceptors (Lipinski definition) is 3. The number of carbonyl (C=O) groups is 1. The smallest absolute Gasteiger partial charge is 0.331 e. The van der Waals surface area contributed by atoms with Crippen molar-refractivity contribution >= 4 is 11.7 Å². The van der Waals surface area contributed by atoms with Crippen LogP contribution in [0.3, 0.4) is 0 Å². The van der Waals surface area contributed by atoms with Crippen LogP contribution in [0.15, 0.2) is 49.1 Å². The number of imidazole rings is 1. The number of carbonyl (C=O) groups excluding carboxylic acids is 1. The van der Waals surface area contributed by atoms with Crippen LogP contribution < -0.4 is 5.32 Å². The minimum atomic E-state index is -4.65. The number of anilines is 1. The first-order chi connectivity index (χ1) is 14.5. The summed E-state index contributed by atoms with van der Waals surface area (Å²) in [4.78, 5) is 20.0. The second kappa shape index (κ2) is 8.40. The molecule has 3 aromatic rings. The first kappa shape index (κ1) is 22.3. The molecule has 0 aliphatic heterocycles. The molecule has 0 radical (unpaired) electrons. The number of rotatable bonds is 5. The highest BCUT2D eigenvalue weighted by Gasteiger charge is 2.34. The van der Waals surface area contributed by atoms with E-state index in [1.807, 2.05) is 0 Å². The van der Waals surface area contributed by atoms with Crippen molar-refractivity contribution in [3.63, 3.8) is 0 Å². The molecule has 1 amide bonds. The number of amides is 1. The number of halogens is 6. The zero-order chi connectivity index (χ0) is 22.8. The first-order valence-electron chi connectivity index (χ1n) is 9.02. The Hall–Kier alpha value is -3.37. The van der Waals surface area contributed by atoms with Crippen LogP contribution in [0, 0.1) is 0 Å². The minimum Gasteiger partial charge on any atom is -0.331 e. The van der Waals surface area contributed by atoms with Crippen molar-refractivity contribution in [3.8, 4) is 0 Å². The molecule has 2 aromatic heterocycles. The Labute approximate surface area is 172 Å². The molecule has 0 aliphatic carbocycles. The molecule has 0 spiro atoms. The van der Waals surface area contributed by atoms with Crippen molar-refractivity contribution < 1.29 is 31.1 Å². The second-order valence-corrected chi connectivity index (χ2v) is 6.65. The van der Waals surface area contributed by atoms with Gasteiger partial charge in [-0.05, 0) is 30.2 Å². The minimum absolute atomic E-state index is 0.0325. The van der Waals surface area contributed by atoms with Gasteiger partial charge in [-0.25, -0.2) is 4.98 Å². The van der Waals surface area contributed by atoms with E-state index >= 15 is 0 Å².